The predicted octanol–water partition coefficient (Wildman–Crippen LogP) is 1.88. The molecule has 0 aromatic carbocycles. The maximum Gasteiger partial charge on any atom is 0.307 e. The average molecular weight is 252 g/mol. The van der Waals surface area contributed by atoms with E-state index in [2.05, 4.69) is 30.7 Å². The van der Waals surface area contributed by atoms with Crippen LogP contribution in [-0.4, -0.2) is 34.0 Å². The smallest absolute Gasteiger partial charge is 0.307 e. The molecule has 1 unspecified atom stereocenters. The summed E-state index contributed by atoms with van der Waals surface area (Å²) in [6.45, 7) is 8.21. The number of carboxylic acids is 1. The maximum atomic E-state index is 10.9. The molecular weight excluding hydrogens is 232 g/mol. The molecule has 100 valence electrons. The van der Waals surface area contributed by atoms with E-state index in [1.165, 1.54) is 0 Å². The molecule has 0 amide bonds. The number of oxazole rings is 1. The number of hydrogen-bond acceptors (Lipinski definition) is 4. The Labute approximate surface area is 107 Å². The molecule has 2 rings (SSSR count). The highest BCUT2D eigenvalue weighted by atomic mass is 16.4. The highest BCUT2D eigenvalue weighted by molar-refractivity contribution is 5.70. The summed E-state index contributed by atoms with van der Waals surface area (Å²) in [6.07, 6.45) is 2.47. The fourth-order valence-electron chi connectivity index (χ4n) is 2.10. The summed E-state index contributed by atoms with van der Waals surface area (Å²) in [5, 5.41) is 8.94. The molecule has 5 nitrogen and oxygen atoms in total. The van der Waals surface area contributed by atoms with E-state index in [0.717, 1.165) is 12.3 Å². The van der Waals surface area contributed by atoms with Crippen LogP contribution in [0.15, 0.2) is 10.6 Å². The highest BCUT2D eigenvalue weighted by Gasteiger charge is 2.29. The molecule has 0 bridgehead atoms. The largest absolute Gasteiger partial charge is 0.481 e. The quantitative estimate of drug-likeness (QED) is 0.889. The predicted molar refractivity (Wildman–Crippen MR) is 66.2 cm³/mol. The first-order valence-electron chi connectivity index (χ1n) is 6.26. The third-order valence-electron chi connectivity index (χ3n) is 3.27. The standard InChI is InChI=1S/C13H20N2O3/c1-13(2,3)10-6-14-11(18-10)8-15-5-4-9(7-15)12(16)17/h6,9H,4-5,7-8H2,1-3H3,(H,16,17). The Morgan fingerprint density at radius 3 is 2.83 bits per heavy atom. The zero-order valence-corrected chi connectivity index (χ0v) is 11.1. The zero-order valence-electron chi connectivity index (χ0n) is 11.1. The van der Waals surface area contributed by atoms with Crippen molar-refractivity contribution < 1.29 is 14.3 Å². The SMILES string of the molecule is CC(C)(C)c1cnc(CN2CCC(C(=O)O)C2)o1. The topological polar surface area (TPSA) is 66.6 Å². The molecule has 1 N–H and O–H groups in total. The highest BCUT2D eigenvalue weighted by Crippen LogP contribution is 2.24. The summed E-state index contributed by atoms with van der Waals surface area (Å²) in [5.74, 6) is 0.583. The van der Waals surface area contributed by atoms with Crippen LogP contribution in [0.3, 0.4) is 0 Å². The minimum Gasteiger partial charge on any atom is -0.481 e. The normalized spacial score (nSPS) is 21.4. The Kier molecular flexibility index (Phi) is 3.43. The fourth-order valence-corrected chi connectivity index (χ4v) is 2.10. The van der Waals surface area contributed by atoms with Crippen molar-refractivity contribution >= 4 is 5.97 Å². The van der Waals surface area contributed by atoms with Gasteiger partial charge < -0.3 is 9.52 Å². The Morgan fingerprint density at radius 1 is 1.61 bits per heavy atom. The van der Waals surface area contributed by atoms with E-state index in [1.807, 2.05) is 0 Å². The molecule has 5 heteroatoms. The molecule has 1 saturated heterocycles. The van der Waals surface area contributed by atoms with Crippen LogP contribution in [-0.2, 0) is 16.8 Å². The van der Waals surface area contributed by atoms with Crippen molar-refractivity contribution in [2.45, 2.75) is 39.2 Å². The number of likely N-dealkylation sites (tertiary alicyclic amines) is 1. The number of carbonyl (C=O) groups is 1. The van der Waals surface area contributed by atoms with Crippen LogP contribution in [0, 0.1) is 5.92 Å². The summed E-state index contributed by atoms with van der Waals surface area (Å²) in [5.41, 5.74) is -0.0418. The summed E-state index contributed by atoms with van der Waals surface area (Å²) >= 11 is 0. The minimum atomic E-state index is -0.708. The molecule has 2 heterocycles. The lowest BCUT2D eigenvalue weighted by Gasteiger charge is -2.14. The van der Waals surface area contributed by atoms with Crippen molar-refractivity contribution in [2.75, 3.05) is 13.1 Å². The van der Waals surface area contributed by atoms with Gasteiger partial charge in [-0.25, -0.2) is 4.98 Å². The minimum absolute atomic E-state index is 0.0418. The Hall–Kier alpha value is -1.36. The van der Waals surface area contributed by atoms with E-state index in [0.29, 0.717) is 25.4 Å². The van der Waals surface area contributed by atoms with E-state index in [1.54, 1.807) is 6.20 Å². The van der Waals surface area contributed by atoms with Gasteiger partial charge in [-0.05, 0) is 13.0 Å². The van der Waals surface area contributed by atoms with Gasteiger partial charge >= 0.3 is 5.97 Å². The maximum absolute atomic E-state index is 10.9. The second-order valence-corrected chi connectivity index (χ2v) is 5.93. The lowest BCUT2D eigenvalue weighted by Crippen LogP contribution is -2.22. The lowest BCUT2D eigenvalue weighted by atomic mass is 9.94. The summed E-state index contributed by atoms with van der Waals surface area (Å²) in [7, 11) is 0. The van der Waals surface area contributed by atoms with Crippen molar-refractivity contribution in [2.24, 2.45) is 5.92 Å². The van der Waals surface area contributed by atoms with E-state index >= 15 is 0 Å². The second kappa shape index (κ2) is 4.72. The van der Waals surface area contributed by atoms with Crippen molar-refractivity contribution in [3.63, 3.8) is 0 Å². The summed E-state index contributed by atoms with van der Waals surface area (Å²) < 4.78 is 5.71. The average Bonchev–Trinajstić information content (AvgIpc) is 2.85. The first kappa shape index (κ1) is 13.1. The van der Waals surface area contributed by atoms with Crippen molar-refractivity contribution in [3.05, 3.63) is 17.8 Å². The molecule has 1 aromatic heterocycles. The Balaban J connectivity index is 1.95. The molecule has 0 aliphatic carbocycles. The molecule has 1 aliphatic rings. The molecule has 18 heavy (non-hydrogen) atoms. The summed E-state index contributed by atoms with van der Waals surface area (Å²) in [6, 6.07) is 0. The van der Waals surface area contributed by atoms with E-state index in [9.17, 15) is 4.79 Å². The van der Waals surface area contributed by atoms with Gasteiger partial charge in [-0.2, -0.15) is 0 Å². The Morgan fingerprint density at radius 2 is 2.33 bits per heavy atom. The molecule has 1 aliphatic heterocycles. The molecule has 0 radical (unpaired) electrons. The van der Waals surface area contributed by atoms with Crippen LogP contribution in [0.25, 0.3) is 0 Å². The number of rotatable bonds is 3. The van der Waals surface area contributed by atoms with Crippen molar-refractivity contribution in [1.82, 2.24) is 9.88 Å². The number of aliphatic carboxylic acids is 1. The van der Waals surface area contributed by atoms with Gasteiger partial charge in [-0.3, -0.25) is 9.69 Å². The van der Waals surface area contributed by atoms with Gasteiger partial charge in [0.15, 0.2) is 0 Å². The van der Waals surface area contributed by atoms with Crippen LogP contribution < -0.4 is 0 Å². The van der Waals surface area contributed by atoms with Crippen LogP contribution in [0.2, 0.25) is 0 Å². The number of nitrogens with zero attached hydrogens (tertiary/aromatic N) is 2. The zero-order chi connectivity index (χ0) is 13.3. The molecular formula is C13H20N2O3. The number of aromatic nitrogens is 1. The van der Waals surface area contributed by atoms with Gasteiger partial charge in [0.1, 0.15) is 5.76 Å². The second-order valence-electron chi connectivity index (χ2n) is 5.93. The van der Waals surface area contributed by atoms with Gasteiger partial charge in [0.05, 0.1) is 18.7 Å². The first-order chi connectivity index (χ1) is 8.36. The number of carboxylic acid groups (broad SMARTS) is 1. The van der Waals surface area contributed by atoms with E-state index in [-0.39, 0.29) is 11.3 Å². The first-order valence-corrected chi connectivity index (χ1v) is 6.26. The third kappa shape index (κ3) is 2.90. The van der Waals surface area contributed by atoms with Crippen molar-refractivity contribution in [1.29, 1.82) is 0 Å². The molecule has 1 fully saturated rings. The molecule has 1 atom stereocenters. The van der Waals surface area contributed by atoms with Gasteiger partial charge in [0.2, 0.25) is 5.89 Å². The molecule has 1 aromatic rings. The molecule has 0 spiro atoms. The van der Waals surface area contributed by atoms with E-state index in [4.69, 9.17) is 9.52 Å². The van der Waals surface area contributed by atoms with Crippen LogP contribution in [0.1, 0.15) is 38.8 Å². The van der Waals surface area contributed by atoms with Gasteiger partial charge in [-0.1, -0.05) is 20.8 Å². The Bertz CT molecular complexity index is 434. The molecule has 0 saturated carbocycles. The van der Waals surface area contributed by atoms with E-state index < -0.39 is 5.97 Å². The summed E-state index contributed by atoms with van der Waals surface area (Å²) in [4.78, 5) is 17.2. The fraction of sp³-hybridized carbons (Fsp3) is 0.692. The van der Waals surface area contributed by atoms with Gasteiger partial charge in [-0.15, -0.1) is 0 Å². The van der Waals surface area contributed by atoms with Crippen LogP contribution in [0.5, 0.6) is 0 Å². The van der Waals surface area contributed by atoms with Gasteiger partial charge in [0, 0.05) is 12.0 Å². The number of hydrogen-bond donors (Lipinski definition) is 1. The monoisotopic (exact) mass is 252 g/mol. The van der Waals surface area contributed by atoms with Crippen molar-refractivity contribution in [3.8, 4) is 0 Å². The lowest BCUT2D eigenvalue weighted by molar-refractivity contribution is -0.141. The van der Waals surface area contributed by atoms with Crippen LogP contribution >= 0.6 is 0 Å². The third-order valence-corrected chi connectivity index (χ3v) is 3.27. The van der Waals surface area contributed by atoms with Gasteiger partial charge in [0.25, 0.3) is 0 Å². The van der Waals surface area contributed by atoms with Crippen LogP contribution in [0.4, 0.5) is 0 Å².